The molecule has 0 nitrogen and oxygen atoms in total. The van der Waals surface area contributed by atoms with E-state index in [-0.39, 0.29) is 0 Å². The Labute approximate surface area is 240 Å². The molecule has 0 amide bonds. The zero-order valence-electron chi connectivity index (χ0n) is 24.4. The van der Waals surface area contributed by atoms with Crippen LogP contribution in [0.3, 0.4) is 0 Å². The van der Waals surface area contributed by atoms with E-state index in [0.717, 1.165) is 0 Å². The molecule has 0 aliphatic heterocycles. The highest BCUT2D eigenvalue weighted by Crippen LogP contribution is 2.35. The lowest BCUT2D eigenvalue weighted by Gasteiger charge is -2.11. The first kappa shape index (κ1) is 26.8. The zero-order valence-corrected chi connectivity index (χ0v) is 24.4. The second kappa shape index (κ2) is 12.9. The Hall–Kier alpha value is -3.38. The van der Waals surface area contributed by atoms with Crippen LogP contribution in [0.1, 0.15) is 89.5 Å². The van der Waals surface area contributed by atoms with Gasteiger partial charge < -0.3 is 0 Å². The maximum atomic E-state index is 2.43. The third kappa shape index (κ3) is 6.02. The van der Waals surface area contributed by atoms with Gasteiger partial charge in [-0.15, -0.1) is 0 Å². The van der Waals surface area contributed by atoms with Gasteiger partial charge in [0.2, 0.25) is 0 Å². The van der Waals surface area contributed by atoms with Crippen LogP contribution in [0.2, 0.25) is 0 Å². The van der Waals surface area contributed by atoms with Crippen LogP contribution in [0.15, 0.2) is 91.0 Å². The van der Waals surface area contributed by atoms with Crippen molar-refractivity contribution in [2.75, 3.05) is 0 Å². The molecular weight excluding hydrogens is 480 g/mol. The van der Waals surface area contributed by atoms with Crippen molar-refractivity contribution in [1.29, 1.82) is 0 Å². The Kier molecular flexibility index (Phi) is 8.62. The monoisotopic (exact) mass is 524 g/mol. The van der Waals surface area contributed by atoms with Crippen molar-refractivity contribution in [3.8, 4) is 0 Å². The summed E-state index contributed by atoms with van der Waals surface area (Å²) in [5.41, 5.74) is 1.48. The van der Waals surface area contributed by atoms with Gasteiger partial charge in [0.05, 0.1) is 0 Å². The smallest absolute Gasteiger partial charge is 0.00987 e. The predicted molar refractivity (Wildman–Crippen MR) is 179 cm³/mol. The van der Waals surface area contributed by atoms with Crippen molar-refractivity contribution in [3.63, 3.8) is 0 Å². The fourth-order valence-electron chi connectivity index (χ4n) is 6.69. The summed E-state index contributed by atoms with van der Waals surface area (Å²) in [7, 11) is 0. The Morgan fingerprint density at radius 3 is 1.43 bits per heavy atom. The Morgan fingerprint density at radius 1 is 0.350 bits per heavy atom. The van der Waals surface area contributed by atoms with Crippen LogP contribution in [-0.4, -0.2) is 0 Å². The summed E-state index contributed by atoms with van der Waals surface area (Å²) in [4.78, 5) is 0. The Balaban J connectivity index is 1.10. The molecule has 0 bridgehead atoms. The van der Waals surface area contributed by atoms with Crippen molar-refractivity contribution in [2.24, 2.45) is 0 Å². The van der Waals surface area contributed by atoms with E-state index in [4.69, 9.17) is 0 Å². The van der Waals surface area contributed by atoms with Gasteiger partial charge in [-0.05, 0) is 96.5 Å². The van der Waals surface area contributed by atoms with E-state index in [1.807, 2.05) is 0 Å². The quantitative estimate of drug-likeness (QED) is 0.0800. The highest BCUT2D eigenvalue weighted by molar-refractivity contribution is 6.20. The van der Waals surface area contributed by atoms with Gasteiger partial charge in [-0.25, -0.2) is 0 Å². The topological polar surface area (TPSA) is 0 Å². The Bertz CT molecular complexity index is 1740. The van der Waals surface area contributed by atoms with Gasteiger partial charge in [-0.1, -0.05) is 144 Å². The number of fused-ring (bicyclic) bond motifs is 7. The summed E-state index contributed by atoms with van der Waals surface area (Å²) in [6, 6.07) is 34.6. The molecule has 0 N–H and O–H groups in total. The number of aryl methyl sites for hydroxylation is 1. The molecule has 0 spiro atoms. The number of hydrogen-bond acceptors (Lipinski definition) is 0. The Morgan fingerprint density at radius 2 is 0.825 bits per heavy atom. The van der Waals surface area contributed by atoms with Gasteiger partial charge in [0, 0.05) is 0 Å². The summed E-state index contributed by atoms with van der Waals surface area (Å²) in [5.74, 6) is 0. The van der Waals surface area contributed by atoms with Crippen LogP contribution in [0.4, 0.5) is 0 Å². The molecule has 0 aliphatic rings. The largest absolute Gasteiger partial charge is 0.0654 e. The molecule has 0 fully saturated rings. The van der Waals surface area contributed by atoms with Gasteiger partial charge in [0.15, 0.2) is 0 Å². The molecule has 0 aromatic heterocycles. The molecule has 204 valence electrons. The predicted octanol–water partition coefficient (Wildman–Crippen LogP) is 12.7. The maximum absolute atomic E-state index is 2.43. The van der Waals surface area contributed by atoms with Crippen molar-refractivity contribution in [3.05, 3.63) is 96.6 Å². The second-order valence-electron chi connectivity index (χ2n) is 12.0. The van der Waals surface area contributed by atoms with E-state index >= 15 is 0 Å². The molecule has 6 rings (SSSR count). The number of benzene rings is 6. The minimum atomic E-state index is 1.20. The van der Waals surface area contributed by atoms with Crippen LogP contribution in [-0.2, 0) is 6.42 Å². The lowest BCUT2D eigenvalue weighted by atomic mass is 9.93. The van der Waals surface area contributed by atoms with Crippen LogP contribution in [0, 0.1) is 0 Å². The minimum Gasteiger partial charge on any atom is -0.0654 e. The molecule has 0 unspecified atom stereocenters. The van der Waals surface area contributed by atoms with Gasteiger partial charge in [-0.3, -0.25) is 0 Å². The second-order valence-corrected chi connectivity index (χ2v) is 12.0. The summed E-state index contributed by atoms with van der Waals surface area (Å²) in [5, 5.41) is 13.4. The first-order valence-electron chi connectivity index (χ1n) is 16.0. The minimum absolute atomic E-state index is 1.20. The summed E-state index contributed by atoms with van der Waals surface area (Å²) in [6.45, 7) is 2.30. The molecule has 0 heterocycles. The molecule has 0 saturated carbocycles. The molecule has 0 saturated heterocycles. The molecule has 6 aromatic rings. The van der Waals surface area contributed by atoms with Crippen LogP contribution in [0.25, 0.3) is 53.9 Å². The fourth-order valence-corrected chi connectivity index (χ4v) is 6.69. The zero-order chi connectivity index (χ0) is 27.1. The molecule has 0 aliphatic carbocycles. The van der Waals surface area contributed by atoms with Gasteiger partial charge >= 0.3 is 0 Å². The average molecular weight is 525 g/mol. The highest BCUT2D eigenvalue weighted by Gasteiger charge is 2.08. The van der Waals surface area contributed by atoms with E-state index in [1.54, 1.807) is 0 Å². The molecule has 6 aromatic carbocycles. The first-order valence-corrected chi connectivity index (χ1v) is 16.0. The highest BCUT2D eigenvalue weighted by atomic mass is 14.1. The summed E-state index contributed by atoms with van der Waals surface area (Å²) >= 11 is 0. The lowest BCUT2D eigenvalue weighted by Crippen LogP contribution is -1.88. The van der Waals surface area contributed by atoms with E-state index in [1.165, 1.54) is 143 Å². The van der Waals surface area contributed by atoms with Gasteiger partial charge in [0.25, 0.3) is 0 Å². The van der Waals surface area contributed by atoms with E-state index in [9.17, 15) is 0 Å². The average Bonchev–Trinajstić information content (AvgIpc) is 2.99. The lowest BCUT2D eigenvalue weighted by molar-refractivity contribution is 0.544. The molecular formula is C40H44. The van der Waals surface area contributed by atoms with Gasteiger partial charge in [-0.2, -0.15) is 0 Å². The number of rotatable bonds is 13. The van der Waals surface area contributed by atoms with Gasteiger partial charge in [0.1, 0.15) is 0 Å². The third-order valence-corrected chi connectivity index (χ3v) is 9.04. The summed E-state index contributed by atoms with van der Waals surface area (Å²) in [6.07, 6.45) is 18.1. The van der Waals surface area contributed by atoms with E-state index in [0.29, 0.717) is 0 Å². The van der Waals surface area contributed by atoms with Crippen molar-refractivity contribution in [2.45, 2.75) is 90.4 Å². The van der Waals surface area contributed by atoms with E-state index < -0.39 is 0 Å². The third-order valence-electron chi connectivity index (χ3n) is 9.04. The first-order chi connectivity index (χ1) is 19.8. The maximum Gasteiger partial charge on any atom is -0.00987 e. The van der Waals surface area contributed by atoms with Crippen LogP contribution >= 0.6 is 0 Å². The normalized spacial score (nSPS) is 11.9. The SMILES string of the molecule is CCCCCCCCCCCCCCc1ccc2cc3c(ccc4c5cc6ccccc6cc5ccc34)cc2c1. The van der Waals surface area contributed by atoms with Crippen molar-refractivity contribution < 1.29 is 0 Å². The van der Waals surface area contributed by atoms with Crippen LogP contribution in [0.5, 0.6) is 0 Å². The number of hydrogen-bond donors (Lipinski definition) is 0. The van der Waals surface area contributed by atoms with Crippen LogP contribution < -0.4 is 0 Å². The van der Waals surface area contributed by atoms with Crippen molar-refractivity contribution >= 4 is 53.9 Å². The molecule has 0 atom stereocenters. The van der Waals surface area contributed by atoms with E-state index in [2.05, 4.69) is 97.9 Å². The van der Waals surface area contributed by atoms with Crippen molar-refractivity contribution in [1.82, 2.24) is 0 Å². The molecule has 40 heavy (non-hydrogen) atoms. The molecule has 0 radical (unpaired) electrons. The fraction of sp³-hybridized carbons (Fsp3) is 0.350. The standard InChI is InChI=1S/C40H44/c1-2-3-4-5-6-7-8-9-10-11-12-13-16-30-19-20-33-29-40-35(27-36(33)25-30)22-24-37-38(40)23-21-34-26-31-17-14-15-18-32(31)28-39(34)37/h14-15,17-29H,2-13,16H2,1H3. The molecule has 0 heteroatoms. The number of unbranched alkanes of at least 4 members (excludes halogenated alkanes) is 11. The summed E-state index contributed by atoms with van der Waals surface area (Å²) < 4.78 is 0.